The van der Waals surface area contributed by atoms with Crippen molar-refractivity contribution in [2.24, 2.45) is 0 Å². The molecule has 2 aromatic heterocycles. The maximum absolute atomic E-state index is 4.64. The third-order valence-electron chi connectivity index (χ3n) is 3.82. The third kappa shape index (κ3) is 2.09. The number of allylic oxidation sites excluding steroid dienone is 1. The minimum absolute atomic E-state index is 0.402. The summed E-state index contributed by atoms with van der Waals surface area (Å²) < 4.78 is 1.90. The summed E-state index contributed by atoms with van der Waals surface area (Å²) in [5.74, 6) is 2.48. The molecule has 0 spiro atoms. The van der Waals surface area contributed by atoms with Crippen molar-refractivity contribution in [3.8, 4) is 0 Å². The summed E-state index contributed by atoms with van der Waals surface area (Å²) in [6.07, 6.45) is 10.5. The largest absolute Gasteiger partial charge is 0.362 e. The average molecular weight is 255 g/mol. The van der Waals surface area contributed by atoms with Crippen LogP contribution in [0.4, 0.5) is 5.82 Å². The first-order valence-electron chi connectivity index (χ1n) is 7.06. The predicted octanol–water partition coefficient (Wildman–Crippen LogP) is 2.52. The molecule has 2 aliphatic carbocycles. The van der Waals surface area contributed by atoms with Crippen LogP contribution in [0.1, 0.15) is 43.8 Å². The van der Waals surface area contributed by atoms with E-state index >= 15 is 0 Å². The molecule has 5 heteroatoms. The van der Waals surface area contributed by atoms with Crippen molar-refractivity contribution < 1.29 is 0 Å². The van der Waals surface area contributed by atoms with Crippen molar-refractivity contribution in [2.75, 3.05) is 5.32 Å². The van der Waals surface area contributed by atoms with Crippen LogP contribution in [0, 0.1) is 0 Å². The van der Waals surface area contributed by atoms with E-state index in [-0.39, 0.29) is 0 Å². The fraction of sp³-hybridized carbons (Fsp3) is 0.500. The van der Waals surface area contributed by atoms with Crippen LogP contribution in [0.5, 0.6) is 0 Å². The molecule has 1 atom stereocenters. The van der Waals surface area contributed by atoms with Gasteiger partial charge in [0, 0.05) is 12.0 Å². The molecule has 0 bridgehead atoms. The quantitative estimate of drug-likeness (QED) is 0.856. The fourth-order valence-electron chi connectivity index (χ4n) is 2.60. The molecule has 2 aliphatic rings. The Morgan fingerprint density at radius 3 is 2.89 bits per heavy atom. The average Bonchev–Trinajstić information content (AvgIpc) is 3.20. The van der Waals surface area contributed by atoms with Crippen LogP contribution in [0.15, 0.2) is 24.3 Å². The second-order valence-corrected chi connectivity index (χ2v) is 5.43. The zero-order chi connectivity index (χ0) is 12.7. The number of fused-ring (bicyclic) bond motifs is 1. The van der Waals surface area contributed by atoms with Gasteiger partial charge in [0.2, 0.25) is 0 Å². The van der Waals surface area contributed by atoms with Gasteiger partial charge >= 0.3 is 0 Å². The van der Waals surface area contributed by atoms with Gasteiger partial charge in [-0.2, -0.15) is 4.52 Å². The summed E-state index contributed by atoms with van der Waals surface area (Å²) >= 11 is 0. The van der Waals surface area contributed by atoms with Crippen molar-refractivity contribution in [3.05, 3.63) is 30.1 Å². The van der Waals surface area contributed by atoms with Crippen LogP contribution in [0.3, 0.4) is 0 Å². The molecule has 19 heavy (non-hydrogen) atoms. The molecule has 2 heterocycles. The number of aromatic nitrogens is 4. The third-order valence-corrected chi connectivity index (χ3v) is 3.82. The lowest BCUT2D eigenvalue weighted by molar-refractivity contribution is 0.668. The summed E-state index contributed by atoms with van der Waals surface area (Å²) in [5, 5.41) is 16.5. The molecule has 4 rings (SSSR count). The molecule has 0 radical (unpaired) electrons. The van der Waals surface area contributed by atoms with E-state index in [4.69, 9.17) is 0 Å². The van der Waals surface area contributed by atoms with Crippen LogP contribution in [0.2, 0.25) is 0 Å². The SMILES string of the molecule is C1=C[C@H](Nc2ccc3nnc(C4CC4)n3n2)CCC1. The van der Waals surface area contributed by atoms with Crippen molar-refractivity contribution in [3.63, 3.8) is 0 Å². The summed E-state index contributed by atoms with van der Waals surface area (Å²) in [5.41, 5.74) is 0.839. The lowest BCUT2D eigenvalue weighted by Gasteiger charge is -2.18. The number of nitrogens with zero attached hydrogens (tertiary/aromatic N) is 4. The molecular formula is C14H17N5. The zero-order valence-corrected chi connectivity index (χ0v) is 10.8. The second kappa shape index (κ2) is 4.33. The van der Waals surface area contributed by atoms with Crippen LogP contribution >= 0.6 is 0 Å². The van der Waals surface area contributed by atoms with Gasteiger partial charge in [-0.1, -0.05) is 12.2 Å². The Kier molecular flexibility index (Phi) is 2.50. The number of rotatable bonds is 3. The van der Waals surface area contributed by atoms with Gasteiger partial charge in [-0.25, -0.2) is 0 Å². The highest BCUT2D eigenvalue weighted by Crippen LogP contribution is 2.38. The van der Waals surface area contributed by atoms with Crippen LogP contribution in [-0.2, 0) is 0 Å². The van der Waals surface area contributed by atoms with Gasteiger partial charge in [-0.15, -0.1) is 15.3 Å². The van der Waals surface area contributed by atoms with E-state index in [2.05, 4.69) is 32.8 Å². The smallest absolute Gasteiger partial charge is 0.178 e. The molecule has 2 aromatic rings. The fourth-order valence-corrected chi connectivity index (χ4v) is 2.60. The standard InChI is InChI=1S/C14H17N5/c1-2-4-11(5-3-1)15-12-8-9-13-16-17-14(10-6-7-10)19(13)18-12/h2,4,8-11H,1,3,5-7H2,(H,15,18)/t11-/m0/s1. The highest BCUT2D eigenvalue weighted by molar-refractivity contribution is 5.45. The maximum atomic E-state index is 4.64. The molecule has 5 nitrogen and oxygen atoms in total. The first-order chi connectivity index (χ1) is 9.40. The molecule has 0 aromatic carbocycles. The number of anilines is 1. The van der Waals surface area contributed by atoms with E-state index < -0.39 is 0 Å². The van der Waals surface area contributed by atoms with Gasteiger partial charge in [0.1, 0.15) is 5.82 Å². The van der Waals surface area contributed by atoms with E-state index in [9.17, 15) is 0 Å². The Bertz CT molecular complexity index is 626. The van der Waals surface area contributed by atoms with Gasteiger partial charge in [0.05, 0.1) is 0 Å². The summed E-state index contributed by atoms with van der Waals surface area (Å²) in [7, 11) is 0. The minimum Gasteiger partial charge on any atom is -0.362 e. The molecular weight excluding hydrogens is 238 g/mol. The molecule has 0 unspecified atom stereocenters. The van der Waals surface area contributed by atoms with Crippen LogP contribution in [0.25, 0.3) is 5.65 Å². The van der Waals surface area contributed by atoms with Crippen LogP contribution < -0.4 is 5.32 Å². The summed E-state index contributed by atoms with van der Waals surface area (Å²) in [4.78, 5) is 0. The Morgan fingerprint density at radius 2 is 2.11 bits per heavy atom. The van der Waals surface area contributed by atoms with Crippen molar-refractivity contribution in [2.45, 2.75) is 44.1 Å². The van der Waals surface area contributed by atoms with E-state index in [1.807, 2.05) is 16.6 Å². The highest BCUT2D eigenvalue weighted by atomic mass is 15.4. The number of nitrogens with one attached hydrogen (secondary N) is 1. The second-order valence-electron chi connectivity index (χ2n) is 5.43. The maximum Gasteiger partial charge on any atom is 0.178 e. The van der Waals surface area contributed by atoms with Gasteiger partial charge in [0.25, 0.3) is 0 Å². The predicted molar refractivity (Wildman–Crippen MR) is 73.2 cm³/mol. The molecule has 98 valence electrons. The van der Waals surface area contributed by atoms with E-state index in [1.54, 1.807) is 0 Å². The number of hydrogen-bond acceptors (Lipinski definition) is 4. The molecule has 0 aliphatic heterocycles. The molecule has 1 N–H and O–H groups in total. The van der Waals surface area contributed by atoms with Gasteiger partial charge in [-0.3, -0.25) is 0 Å². The van der Waals surface area contributed by atoms with Crippen molar-refractivity contribution in [1.29, 1.82) is 0 Å². The first-order valence-corrected chi connectivity index (χ1v) is 7.06. The van der Waals surface area contributed by atoms with Crippen molar-refractivity contribution >= 4 is 11.5 Å². The van der Waals surface area contributed by atoms with E-state index in [1.165, 1.54) is 32.1 Å². The lowest BCUT2D eigenvalue weighted by Crippen LogP contribution is -2.20. The Labute approximate surface area is 111 Å². The Hall–Kier alpha value is -1.91. The Balaban J connectivity index is 1.64. The van der Waals surface area contributed by atoms with Gasteiger partial charge < -0.3 is 5.32 Å². The molecule has 0 amide bonds. The molecule has 0 saturated heterocycles. The highest BCUT2D eigenvalue weighted by Gasteiger charge is 2.29. The lowest BCUT2D eigenvalue weighted by atomic mass is 10.0. The van der Waals surface area contributed by atoms with Gasteiger partial charge in [0.15, 0.2) is 11.5 Å². The minimum atomic E-state index is 0.402. The van der Waals surface area contributed by atoms with Crippen molar-refractivity contribution in [1.82, 2.24) is 19.8 Å². The topological polar surface area (TPSA) is 55.1 Å². The molecule has 1 fully saturated rings. The van der Waals surface area contributed by atoms with Gasteiger partial charge in [-0.05, 0) is 44.2 Å². The molecule has 1 saturated carbocycles. The van der Waals surface area contributed by atoms with E-state index in [0.29, 0.717) is 12.0 Å². The van der Waals surface area contributed by atoms with E-state index in [0.717, 1.165) is 17.3 Å². The normalized spacial score (nSPS) is 22.8. The zero-order valence-electron chi connectivity index (χ0n) is 10.8. The van der Waals surface area contributed by atoms with Crippen LogP contribution in [-0.4, -0.2) is 25.9 Å². The summed E-state index contributed by atoms with van der Waals surface area (Å²) in [6, 6.07) is 4.38. The number of hydrogen-bond donors (Lipinski definition) is 1. The summed E-state index contributed by atoms with van der Waals surface area (Å²) in [6.45, 7) is 0. The Morgan fingerprint density at radius 1 is 1.16 bits per heavy atom. The monoisotopic (exact) mass is 255 g/mol. The first kappa shape index (κ1) is 11.0.